The van der Waals surface area contributed by atoms with Crippen LogP contribution in [-0.2, 0) is 17.9 Å². The van der Waals surface area contributed by atoms with Gasteiger partial charge in [0.05, 0.1) is 12.2 Å². The molecule has 0 saturated carbocycles. The summed E-state index contributed by atoms with van der Waals surface area (Å²) in [6, 6.07) is 7.70. The van der Waals surface area contributed by atoms with E-state index in [0.29, 0.717) is 0 Å². The van der Waals surface area contributed by atoms with Crippen LogP contribution in [0.25, 0.3) is 0 Å². The summed E-state index contributed by atoms with van der Waals surface area (Å²) in [6.07, 6.45) is 5.50. The summed E-state index contributed by atoms with van der Waals surface area (Å²) in [7, 11) is 0. The SMILES string of the molecule is CC(C(=O)O)c1ccc(CNCCn2ccnc2)cc1. The van der Waals surface area contributed by atoms with Gasteiger partial charge in [-0.2, -0.15) is 0 Å². The fourth-order valence-corrected chi connectivity index (χ4v) is 1.93. The highest BCUT2D eigenvalue weighted by molar-refractivity contribution is 5.75. The lowest BCUT2D eigenvalue weighted by atomic mass is 10.0. The molecule has 5 heteroatoms. The Balaban J connectivity index is 1.77. The average molecular weight is 273 g/mol. The van der Waals surface area contributed by atoms with Gasteiger partial charge >= 0.3 is 5.97 Å². The predicted molar refractivity (Wildman–Crippen MR) is 76.4 cm³/mol. The molecular weight excluding hydrogens is 254 g/mol. The minimum atomic E-state index is -0.795. The molecule has 2 N–H and O–H groups in total. The molecule has 0 aliphatic carbocycles. The molecule has 1 unspecified atom stereocenters. The van der Waals surface area contributed by atoms with Crippen LogP contribution in [0.3, 0.4) is 0 Å². The molecule has 0 aliphatic heterocycles. The van der Waals surface area contributed by atoms with Crippen molar-refractivity contribution in [3.8, 4) is 0 Å². The summed E-state index contributed by atoms with van der Waals surface area (Å²) in [5.74, 6) is -1.26. The van der Waals surface area contributed by atoms with Gasteiger partial charge in [0.15, 0.2) is 0 Å². The van der Waals surface area contributed by atoms with E-state index in [1.807, 2.05) is 35.0 Å². The van der Waals surface area contributed by atoms with Crippen molar-refractivity contribution in [2.24, 2.45) is 0 Å². The topological polar surface area (TPSA) is 67.2 Å². The Bertz CT molecular complexity index is 535. The van der Waals surface area contributed by atoms with E-state index in [9.17, 15) is 4.79 Å². The first-order valence-electron chi connectivity index (χ1n) is 6.65. The van der Waals surface area contributed by atoms with Crippen molar-refractivity contribution in [2.75, 3.05) is 6.54 Å². The molecule has 1 heterocycles. The number of hydrogen-bond acceptors (Lipinski definition) is 3. The van der Waals surface area contributed by atoms with Gasteiger partial charge in [-0.25, -0.2) is 4.98 Å². The number of nitrogens with one attached hydrogen (secondary N) is 1. The van der Waals surface area contributed by atoms with Crippen LogP contribution in [0, 0.1) is 0 Å². The Kier molecular flexibility index (Phi) is 4.90. The van der Waals surface area contributed by atoms with Crippen molar-refractivity contribution >= 4 is 5.97 Å². The second-order valence-corrected chi connectivity index (χ2v) is 4.78. The monoisotopic (exact) mass is 273 g/mol. The second kappa shape index (κ2) is 6.86. The number of carboxylic acid groups (broad SMARTS) is 1. The summed E-state index contributed by atoms with van der Waals surface area (Å²) in [4.78, 5) is 14.9. The molecule has 0 saturated heterocycles. The van der Waals surface area contributed by atoms with Crippen LogP contribution in [-0.4, -0.2) is 27.2 Å². The number of aromatic nitrogens is 2. The van der Waals surface area contributed by atoms with Crippen molar-refractivity contribution in [3.05, 3.63) is 54.1 Å². The molecule has 0 aliphatic rings. The van der Waals surface area contributed by atoms with Crippen LogP contribution in [0.5, 0.6) is 0 Å². The van der Waals surface area contributed by atoms with Gasteiger partial charge in [0.2, 0.25) is 0 Å². The molecule has 20 heavy (non-hydrogen) atoms. The van der Waals surface area contributed by atoms with Crippen LogP contribution < -0.4 is 5.32 Å². The van der Waals surface area contributed by atoms with Crippen LogP contribution >= 0.6 is 0 Å². The lowest BCUT2D eigenvalue weighted by molar-refractivity contribution is -0.138. The van der Waals surface area contributed by atoms with Gasteiger partial charge in [0.25, 0.3) is 0 Å². The lowest BCUT2D eigenvalue weighted by Gasteiger charge is -2.09. The Morgan fingerprint density at radius 1 is 1.40 bits per heavy atom. The number of hydrogen-bond donors (Lipinski definition) is 2. The maximum absolute atomic E-state index is 10.9. The maximum Gasteiger partial charge on any atom is 0.310 e. The predicted octanol–water partition coefficient (Wildman–Crippen LogP) is 1.86. The van der Waals surface area contributed by atoms with E-state index in [-0.39, 0.29) is 0 Å². The highest BCUT2D eigenvalue weighted by atomic mass is 16.4. The van der Waals surface area contributed by atoms with E-state index >= 15 is 0 Å². The van der Waals surface area contributed by atoms with Crippen molar-refractivity contribution in [1.82, 2.24) is 14.9 Å². The van der Waals surface area contributed by atoms with E-state index in [2.05, 4.69) is 10.3 Å². The summed E-state index contributed by atoms with van der Waals surface area (Å²) in [5.41, 5.74) is 1.98. The number of carboxylic acids is 1. The quantitative estimate of drug-likeness (QED) is 0.756. The first-order valence-corrected chi connectivity index (χ1v) is 6.65. The zero-order valence-electron chi connectivity index (χ0n) is 11.5. The van der Waals surface area contributed by atoms with Crippen LogP contribution in [0.2, 0.25) is 0 Å². The van der Waals surface area contributed by atoms with Gasteiger partial charge in [-0.05, 0) is 18.1 Å². The molecule has 1 atom stereocenters. The molecule has 1 aromatic heterocycles. The first-order chi connectivity index (χ1) is 9.66. The van der Waals surface area contributed by atoms with E-state index in [1.165, 1.54) is 0 Å². The molecule has 106 valence electrons. The van der Waals surface area contributed by atoms with E-state index in [0.717, 1.165) is 30.8 Å². The molecule has 0 bridgehead atoms. The Labute approximate surface area is 118 Å². The molecule has 2 rings (SSSR count). The zero-order chi connectivity index (χ0) is 14.4. The van der Waals surface area contributed by atoms with Gasteiger partial charge in [-0.1, -0.05) is 24.3 Å². The van der Waals surface area contributed by atoms with Gasteiger partial charge in [0, 0.05) is 32.0 Å². The summed E-state index contributed by atoms with van der Waals surface area (Å²) < 4.78 is 2.02. The third-order valence-electron chi connectivity index (χ3n) is 3.29. The van der Waals surface area contributed by atoms with Crippen molar-refractivity contribution < 1.29 is 9.90 Å². The van der Waals surface area contributed by atoms with Gasteiger partial charge in [0.1, 0.15) is 0 Å². The van der Waals surface area contributed by atoms with Gasteiger partial charge in [-0.3, -0.25) is 4.79 Å². The van der Waals surface area contributed by atoms with Crippen LogP contribution in [0.4, 0.5) is 0 Å². The fourth-order valence-electron chi connectivity index (χ4n) is 1.93. The molecule has 0 radical (unpaired) electrons. The zero-order valence-corrected chi connectivity index (χ0v) is 11.5. The Morgan fingerprint density at radius 2 is 2.15 bits per heavy atom. The molecule has 2 aromatic rings. The smallest absolute Gasteiger partial charge is 0.310 e. The summed E-state index contributed by atoms with van der Waals surface area (Å²) >= 11 is 0. The standard InChI is InChI=1S/C15H19N3O2/c1-12(15(19)20)14-4-2-13(3-5-14)10-16-6-8-18-9-7-17-11-18/h2-5,7,9,11-12,16H,6,8,10H2,1H3,(H,19,20). The highest BCUT2D eigenvalue weighted by Crippen LogP contribution is 2.15. The molecule has 0 fully saturated rings. The molecule has 1 aromatic carbocycles. The number of aliphatic carboxylic acids is 1. The largest absolute Gasteiger partial charge is 0.481 e. The summed E-state index contributed by atoms with van der Waals surface area (Å²) in [6.45, 7) is 4.22. The summed E-state index contributed by atoms with van der Waals surface area (Å²) in [5, 5.41) is 12.3. The van der Waals surface area contributed by atoms with E-state index in [1.54, 1.807) is 19.4 Å². The molecular formula is C15H19N3O2. The van der Waals surface area contributed by atoms with E-state index < -0.39 is 11.9 Å². The fraction of sp³-hybridized carbons (Fsp3) is 0.333. The van der Waals surface area contributed by atoms with E-state index in [4.69, 9.17) is 5.11 Å². The molecule has 0 amide bonds. The number of rotatable bonds is 7. The molecule has 5 nitrogen and oxygen atoms in total. The second-order valence-electron chi connectivity index (χ2n) is 4.78. The third-order valence-corrected chi connectivity index (χ3v) is 3.29. The average Bonchev–Trinajstić information content (AvgIpc) is 2.96. The van der Waals surface area contributed by atoms with Crippen molar-refractivity contribution in [3.63, 3.8) is 0 Å². The Morgan fingerprint density at radius 3 is 2.75 bits per heavy atom. The van der Waals surface area contributed by atoms with Gasteiger partial charge in [-0.15, -0.1) is 0 Å². The number of imidazole rings is 1. The highest BCUT2D eigenvalue weighted by Gasteiger charge is 2.12. The first kappa shape index (κ1) is 14.3. The normalized spacial score (nSPS) is 12.2. The van der Waals surface area contributed by atoms with Crippen molar-refractivity contribution in [2.45, 2.75) is 25.9 Å². The third kappa shape index (κ3) is 3.93. The lowest BCUT2D eigenvalue weighted by Crippen LogP contribution is -2.19. The Hall–Kier alpha value is -2.14. The molecule has 0 spiro atoms. The van der Waals surface area contributed by atoms with Gasteiger partial charge < -0.3 is 15.0 Å². The maximum atomic E-state index is 10.9. The minimum absolute atomic E-state index is 0.460. The number of nitrogens with zero attached hydrogens (tertiary/aromatic N) is 2. The number of benzene rings is 1. The number of carbonyl (C=O) groups is 1. The van der Waals surface area contributed by atoms with Crippen LogP contribution in [0.1, 0.15) is 24.0 Å². The minimum Gasteiger partial charge on any atom is -0.481 e. The van der Waals surface area contributed by atoms with Crippen LogP contribution in [0.15, 0.2) is 43.0 Å². The van der Waals surface area contributed by atoms with Crippen molar-refractivity contribution in [1.29, 1.82) is 0 Å².